The van der Waals surface area contributed by atoms with Crippen LogP contribution in [-0.2, 0) is 14.1 Å². The lowest BCUT2D eigenvalue weighted by Crippen LogP contribution is -2.40. The van der Waals surface area contributed by atoms with Crippen molar-refractivity contribution in [3.05, 3.63) is 50.2 Å². The summed E-state index contributed by atoms with van der Waals surface area (Å²) in [5, 5.41) is 12.7. The SMILES string of the molecule is CC(C)[C@@H](Nc1c(C#N)c(=O)n(C)c(=O)n1C)c1ccc2c(c1)OCCO2. The Hall–Kier alpha value is -3.21. The zero-order chi connectivity index (χ0) is 19.7. The monoisotopic (exact) mass is 370 g/mol. The van der Waals surface area contributed by atoms with Crippen molar-refractivity contribution < 1.29 is 9.47 Å². The van der Waals surface area contributed by atoms with Crippen LogP contribution in [0.2, 0.25) is 0 Å². The number of anilines is 1. The van der Waals surface area contributed by atoms with Crippen LogP contribution in [0.1, 0.15) is 31.0 Å². The van der Waals surface area contributed by atoms with Crippen LogP contribution < -0.4 is 26.0 Å². The van der Waals surface area contributed by atoms with Gasteiger partial charge in [0.15, 0.2) is 17.1 Å². The molecule has 1 aliphatic rings. The fourth-order valence-electron chi connectivity index (χ4n) is 3.15. The first kappa shape index (κ1) is 18.6. The summed E-state index contributed by atoms with van der Waals surface area (Å²) in [6.07, 6.45) is 0. The van der Waals surface area contributed by atoms with Crippen molar-refractivity contribution in [2.75, 3.05) is 18.5 Å². The van der Waals surface area contributed by atoms with Crippen LogP contribution in [0.5, 0.6) is 11.5 Å². The van der Waals surface area contributed by atoms with E-state index in [1.54, 1.807) is 0 Å². The molecule has 0 bridgehead atoms. The van der Waals surface area contributed by atoms with Crippen molar-refractivity contribution in [1.29, 1.82) is 5.26 Å². The topological polar surface area (TPSA) is 98.3 Å². The van der Waals surface area contributed by atoms with Crippen LogP contribution >= 0.6 is 0 Å². The number of hydrogen-bond acceptors (Lipinski definition) is 6. The summed E-state index contributed by atoms with van der Waals surface area (Å²) in [6, 6.07) is 7.32. The Bertz CT molecular complexity index is 1030. The van der Waals surface area contributed by atoms with Crippen molar-refractivity contribution in [2.45, 2.75) is 19.9 Å². The molecular weight excluding hydrogens is 348 g/mol. The summed E-state index contributed by atoms with van der Waals surface area (Å²) in [5.41, 5.74) is -0.298. The van der Waals surface area contributed by atoms with E-state index in [0.29, 0.717) is 24.7 Å². The summed E-state index contributed by atoms with van der Waals surface area (Å²) in [4.78, 5) is 24.6. The maximum absolute atomic E-state index is 12.3. The van der Waals surface area contributed by atoms with Gasteiger partial charge in [-0.15, -0.1) is 0 Å². The van der Waals surface area contributed by atoms with Crippen LogP contribution in [0.15, 0.2) is 27.8 Å². The molecule has 0 radical (unpaired) electrons. The molecule has 0 unspecified atom stereocenters. The minimum Gasteiger partial charge on any atom is -0.486 e. The molecule has 0 spiro atoms. The molecule has 27 heavy (non-hydrogen) atoms. The average molecular weight is 370 g/mol. The van der Waals surface area contributed by atoms with Crippen LogP contribution in [0.25, 0.3) is 0 Å². The molecule has 2 aromatic rings. The standard InChI is InChI=1S/C19H22N4O4/c1-11(2)16(12-5-6-14-15(9-12)27-8-7-26-14)21-17-13(10-20)18(24)23(4)19(25)22(17)3/h5-6,9,11,16,21H,7-8H2,1-4H3/t16-/m1/s1. The zero-order valence-corrected chi connectivity index (χ0v) is 15.8. The summed E-state index contributed by atoms with van der Waals surface area (Å²) in [7, 11) is 2.89. The van der Waals surface area contributed by atoms with Gasteiger partial charge >= 0.3 is 5.69 Å². The van der Waals surface area contributed by atoms with Gasteiger partial charge in [0.1, 0.15) is 25.1 Å². The van der Waals surface area contributed by atoms with Gasteiger partial charge in [0.25, 0.3) is 5.56 Å². The Balaban J connectivity index is 2.08. The largest absolute Gasteiger partial charge is 0.486 e. The maximum Gasteiger partial charge on any atom is 0.332 e. The highest BCUT2D eigenvalue weighted by molar-refractivity contribution is 5.54. The third kappa shape index (κ3) is 3.28. The minimum absolute atomic E-state index is 0.0946. The highest BCUT2D eigenvalue weighted by Gasteiger charge is 2.23. The molecule has 1 aromatic heterocycles. The van der Waals surface area contributed by atoms with Crippen LogP contribution in [0.3, 0.4) is 0 Å². The van der Waals surface area contributed by atoms with E-state index in [9.17, 15) is 14.9 Å². The Morgan fingerprint density at radius 2 is 1.78 bits per heavy atom. The normalized spacial score (nSPS) is 13.9. The summed E-state index contributed by atoms with van der Waals surface area (Å²) in [6.45, 7) is 5.02. The molecule has 0 saturated heterocycles. The number of nitrogens with one attached hydrogen (secondary N) is 1. The molecule has 1 aromatic carbocycles. The van der Waals surface area contributed by atoms with E-state index >= 15 is 0 Å². The average Bonchev–Trinajstić information content (AvgIpc) is 2.67. The molecule has 8 heteroatoms. The van der Waals surface area contributed by atoms with Crippen molar-refractivity contribution in [3.8, 4) is 17.6 Å². The molecule has 0 amide bonds. The first-order valence-electron chi connectivity index (χ1n) is 8.71. The number of hydrogen-bond donors (Lipinski definition) is 1. The third-order valence-electron chi connectivity index (χ3n) is 4.66. The van der Waals surface area contributed by atoms with Gasteiger partial charge in [-0.1, -0.05) is 19.9 Å². The second kappa shape index (κ2) is 7.19. The Morgan fingerprint density at radius 1 is 1.11 bits per heavy atom. The van der Waals surface area contributed by atoms with Gasteiger partial charge in [0, 0.05) is 14.1 Å². The van der Waals surface area contributed by atoms with Gasteiger partial charge in [-0.25, -0.2) is 4.79 Å². The van der Waals surface area contributed by atoms with Crippen LogP contribution in [0.4, 0.5) is 5.82 Å². The summed E-state index contributed by atoms with van der Waals surface area (Å²) >= 11 is 0. The molecule has 142 valence electrons. The number of aromatic nitrogens is 2. The van der Waals surface area contributed by atoms with E-state index in [0.717, 1.165) is 10.1 Å². The van der Waals surface area contributed by atoms with E-state index in [-0.39, 0.29) is 23.3 Å². The highest BCUT2D eigenvalue weighted by atomic mass is 16.6. The third-order valence-corrected chi connectivity index (χ3v) is 4.66. The fraction of sp³-hybridized carbons (Fsp3) is 0.421. The van der Waals surface area contributed by atoms with Crippen molar-refractivity contribution in [1.82, 2.24) is 9.13 Å². The number of fused-ring (bicyclic) bond motifs is 1. The van der Waals surface area contributed by atoms with E-state index in [1.807, 2.05) is 38.1 Å². The molecule has 3 rings (SSSR count). The lowest BCUT2D eigenvalue weighted by Gasteiger charge is -2.27. The molecule has 8 nitrogen and oxygen atoms in total. The lowest BCUT2D eigenvalue weighted by atomic mass is 9.95. The molecular formula is C19H22N4O4. The molecule has 1 aliphatic heterocycles. The molecule has 0 aliphatic carbocycles. The first-order chi connectivity index (χ1) is 12.8. The molecule has 0 saturated carbocycles. The maximum atomic E-state index is 12.3. The number of rotatable bonds is 4. The van der Waals surface area contributed by atoms with Gasteiger partial charge in [-0.05, 0) is 23.6 Å². The van der Waals surface area contributed by atoms with Crippen LogP contribution in [-0.4, -0.2) is 22.3 Å². The van der Waals surface area contributed by atoms with Crippen LogP contribution in [0, 0.1) is 17.2 Å². The zero-order valence-electron chi connectivity index (χ0n) is 15.8. The van der Waals surface area contributed by atoms with Gasteiger partial charge in [-0.3, -0.25) is 13.9 Å². The predicted molar refractivity (Wildman–Crippen MR) is 100 cm³/mol. The summed E-state index contributed by atoms with van der Waals surface area (Å²) in [5.74, 6) is 1.66. The first-order valence-corrected chi connectivity index (χ1v) is 8.71. The number of nitrogens with zero attached hydrogens (tertiary/aromatic N) is 3. The van der Waals surface area contributed by atoms with E-state index in [2.05, 4.69) is 5.32 Å². The number of benzene rings is 1. The summed E-state index contributed by atoms with van der Waals surface area (Å²) < 4.78 is 13.4. The van der Waals surface area contributed by atoms with Gasteiger partial charge in [0.2, 0.25) is 0 Å². The predicted octanol–water partition coefficient (Wildman–Crippen LogP) is 1.54. The van der Waals surface area contributed by atoms with Gasteiger partial charge in [-0.2, -0.15) is 5.26 Å². The van der Waals surface area contributed by atoms with E-state index < -0.39 is 11.2 Å². The second-order valence-electron chi connectivity index (χ2n) is 6.81. The second-order valence-corrected chi connectivity index (χ2v) is 6.81. The quantitative estimate of drug-likeness (QED) is 0.877. The molecule has 1 atom stereocenters. The fourth-order valence-corrected chi connectivity index (χ4v) is 3.15. The number of ether oxygens (including phenoxy) is 2. The number of nitriles is 1. The Morgan fingerprint density at radius 3 is 2.41 bits per heavy atom. The van der Waals surface area contributed by atoms with Gasteiger partial charge in [0.05, 0.1) is 6.04 Å². The molecule has 2 heterocycles. The van der Waals surface area contributed by atoms with Crippen molar-refractivity contribution >= 4 is 5.82 Å². The highest BCUT2D eigenvalue weighted by Crippen LogP contribution is 2.35. The molecule has 1 N–H and O–H groups in total. The van der Waals surface area contributed by atoms with Gasteiger partial charge < -0.3 is 14.8 Å². The Labute approximate surface area is 156 Å². The van der Waals surface area contributed by atoms with Crippen molar-refractivity contribution in [2.24, 2.45) is 20.0 Å². The van der Waals surface area contributed by atoms with E-state index in [4.69, 9.17) is 9.47 Å². The van der Waals surface area contributed by atoms with Crippen molar-refractivity contribution in [3.63, 3.8) is 0 Å². The molecule has 0 fully saturated rings. The van der Waals surface area contributed by atoms with E-state index in [1.165, 1.54) is 18.7 Å². The lowest BCUT2D eigenvalue weighted by molar-refractivity contribution is 0.171. The smallest absolute Gasteiger partial charge is 0.332 e. The Kier molecular flexibility index (Phi) is 4.95. The minimum atomic E-state index is -0.618.